The van der Waals surface area contributed by atoms with Crippen LogP contribution < -0.4 is 0 Å². The molecule has 0 unspecified atom stereocenters. The minimum atomic E-state index is -0.294. The average molecular weight is 1770 g/mol. The highest BCUT2D eigenvalue weighted by Gasteiger charge is 2.39. The van der Waals surface area contributed by atoms with Crippen LogP contribution in [0.4, 0.5) is 0 Å². The first kappa shape index (κ1) is 93.9. The minimum absolute atomic E-state index is 0.183. The molecule has 0 saturated carbocycles. The second kappa shape index (κ2) is 31.9. The summed E-state index contributed by atoms with van der Waals surface area (Å²) in [7, 11) is 0. The second-order valence-corrected chi connectivity index (χ2v) is 51.3. The van der Waals surface area contributed by atoms with E-state index >= 15 is 0 Å². The Kier molecular flexibility index (Phi) is 22.3. The number of hydrogen-bond donors (Lipinski definition) is 4. The second-order valence-electron chi connectivity index (χ2n) is 51.3. The van der Waals surface area contributed by atoms with Crippen molar-refractivity contribution in [2.24, 2.45) is 0 Å². The van der Waals surface area contributed by atoms with Crippen LogP contribution in [0.5, 0.6) is 0 Å². The maximum absolute atomic E-state index is 6.67. The molecule has 17 rings (SSSR count). The molecule has 11 heterocycles. The summed E-state index contributed by atoms with van der Waals surface area (Å²) >= 11 is 0. The van der Waals surface area contributed by atoms with E-state index in [9.17, 15) is 0 Å². The lowest BCUT2D eigenvalue weighted by atomic mass is 9.78. The van der Waals surface area contributed by atoms with Crippen molar-refractivity contribution in [3.63, 3.8) is 0 Å². The number of hydrogen-bond acceptors (Lipinski definition) is 6. The van der Waals surface area contributed by atoms with Gasteiger partial charge >= 0.3 is 0 Å². The molecule has 10 nitrogen and oxygen atoms in total. The lowest BCUT2D eigenvalue weighted by Crippen LogP contribution is -2.16. The molecule has 13 aromatic rings. The summed E-state index contributed by atoms with van der Waals surface area (Å²) in [6.07, 6.45) is 8.76. The molecule has 134 heavy (non-hydrogen) atoms. The predicted octanol–water partition coefficient (Wildman–Crippen LogP) is 34.3. The van der Waals surface area contributed by atoms with Crippen LogP contribution in [0.25, 0.3) is 181 Å². The molecule has 0 aliphatic carbocycles. The Labute approximate surface area is 799 Å². The van der Waals surface area contributed by atoms with Crippen LogP contribution in [0.15, 0.2) is 170 Å². The van der Waals surface area contributed by atoms with E-state index in [4.69, 9.17) is 29.9 Å². The fourth-order valence-electron chi connectivity index (χ4n) is 18.8. The molecule has 0 radical (unpaired) electrons. The number of benzene rings is 6. The van der Waals surface area contributed by atoms with E-state index in [-0.39, 0.29) is 65.0 Å². The molecule has 0 amide bonds. The van der Waals surface area contributed by atoms with Gasteiger partial charge in [0.2, 0.25) is 0 Å². The quantitative estimate of drug-likeness (QED) is 0.131. The topological polar surface area (TPSA) is 140 Å². The van der Waals surface area contributed by atoms with Crippen molar-refractivity contribution in [1.29, 1.82) is 0 Å². The summed E-state index contributed by atoms with van der Waals surface area (Å²) in [5.74, 6) is 0. The maximum atomic E-state index is 6.67. The maximum Gasteiger partial charge on any atom is 0.118 e. The van der Waals surface area contributed by atoms with E-state index in [0.717, 1.165) is 134 Å². The molecule has 4 aliphatic heterocycles. The van der Waals surface area contributed by atoms with Crippen LogP contribution in [0, 0.1) is 0 Å². The Hall–Kier alpha value is -11.9. The van der Waals surface area contributed by atoms with Crippen molar-refractivity contribution in [3.8, 4) is 112 Å². The smallest absolute Gasteiger partial charge is 0.118 e. The van der Waals surface area contributed by atoms with Gasteiger partial charge in [0, 0.05) is 77.5 Å². The normalized spacial score (nSPS) is 13.8. The average Bonchev–Trinajstić information content (AvgIpc) is 1.55. The Bertz CT molecular complexity index is 6800. The number of rotatable bonds is 6. The van der Waals surface area contributed by atoms with E-state index in [1.165, 1.54) is 66.8 Å². The van der Waals surface area contributed by atoms with Crippen molar-refractivity contribution in [2.75, 3.05) is 0 Å². The fraction of sp³-hybridized carbons (Fsp3) is 0.387. The summed E-state index contributed by atoms with van der Waals surface area (Å²) in [4.78, 5) is 54.7. The van der Waals surface area contributed by atoms with E-state index in [1.54, 1.807) is 0 Å². The summed E-state index contributed by atoms with van der Waals surface area (Å²) in [6, 6.07) is 66.0. The molecule has 4 N–H and O–H groups in total. The number of fused-ring (bicyclic) bond motifs is 22. The van der Waals surface area contributed by atoms with Crippen LogP contribution >= 0.6 is 0 Å². The van der Waals surface area contributed by atoms with E-state index in [0.29, 0.717) is 45.6 Å². The van der Waals surface area contributed by atoms with Gasteiger partial charge in [-0.1, -0.05) is 358 Å². The lowest BCUT2D eigenvalue weighted by molar-refractivity contribution is 0.568. The first-order chi connectivity index (χ1) is 61.9. The van der Waals surface area contributed by atoms with Crippen molar-refractivity contribution in [3.05, 3.63) is 259 Å². The highest BCUT2D eigenvalue weighted by atomic mass is 15.0. The molecule has 0 saturated heterocycles. The van der Waals surface area contributed by atoms with Gasteiger partial charge in [-0.05, 0) is 250 Å². The SMILES string of the molecule is CC(C)(C)c1cc(-c2c3nc(cc4ccc([nH]4)c(-c4cc(C(C)(C)C)cc(C(C)(C)C)c4)c4nc(c(-c5cc(C(C)(C)C)cc(C(C)(C)C)c5)c5ccc2[nH]5)-c2nc5c(nc2-4)-c2nc-5c(-c4cc(C(C)(C)C)cc(C(C)(C)C)c4)c4ccc(cc5nc(c(-c6cc(C(C)(C)C)cc(C(C)(C)C)c6)c6ccc([nH]6)c2-c2cc(C(C)(C)C)cc(C(C)(C)C)c2)C=C5)[nH]4)C=C3)cc(C(C)(C)C)c1. The Morgan fingerprint density at radius 2 is 0.321 bits per heavy atom. The minimum Gasteiger partial charge on any atom is -0.355 e. The first-order valence-corrected chi connectivity index (χ1v) is 48.7. The summed E-state index contributed by atoms with van der Waals surface area (Å²) in [6.45, 7) is 83.9. The largest absolute Gasteiger partial charge is 0.355 e. The molecular weight excluding hydrogens is 1630 g/mol. The van der Waals surface area contributed by atoms with Gasteiger partial charge in [0.15, 0.2) is 0 Å². The van der Waals surface area contributed by atoms with Crippen molar-refractivity contribution < 1.29 is 0 Å². The molecule has 16 bridgehead atoms. The zero-order valence-electron chi connectivity index (χ0n) is 87.2. The monoisotopic (exact) mass is 1770 g/mol. The highest BCUT2D eigenvalue weighted by molar-refractivity contribution is 6.08. The van der Waals surface area contributed by atoms with Gasteiger partial charge in [-0.15, -0.1) is 0 Å². The van der Waals surface area contributed by atoms with E-state index < -0.39 is 0 Å². The number of H-pyrrole nitrogens is 4. The number of nitrogens with zero attached hydrogens (tertiary/aromatic N) is 6. The van der Waals surface area contributed by atoms with Gasteiger partial charge in [0.25, 0.3) is 0 Å². The molecule has 6 aromatic carbocycles. The zero-order chi connectivity index (χ0) is 97.1. The summed E-state index contributed by atoms with van der Waals surface area (Å²) in [5.41, 5.74) is 38.9. The van der Waals surface area contributed by atoms with Crippen LogP contribution in [0.1, 0.15) is 339 Å². The third-order valence-electron chi connectivity index (χ3n) is 27.8. The molecule has 690 valence electrons. The molecule has 0 atom stereocenters. The van der Waals surface area contributed by atoms with Crippen LogP contribution in [-0.2, 0) is 65.0 Å². The Balaban J connectivity index is 1.17. The summed E-state index contributed by atoms with van der Waals surface area (Å²) < 4.78 is 0. The van der Waals surface area contributed by atoms with Crippen LogP contribution in [0.2, 0.25) is 0 Å². The number of nitrogens with one attached hydrogen (secondary N) is 4. The van der Waals surface area contributed by atoms with Gasteiger partial charge in [0.05, 0.1) is 22.8 Å². The van der Waals surface area contributed by atoms with E-state index in [2.05, 4.69) is 463 Å². The lowest BCUT2D eigenvalue weighted by Gasteiger charge is -2.26. The van der Waals surface area contributed by atoms with Gasteiger partial charge in [-0.25, -0.2) is 29.9 Å². The third-order valence-corrected chi connectivity index (χ3v) is 27.8. The highest BCUT2D eigenvalue weighted by Crippen LogP contribution is 2.55. The molecule has 0 spiro atoms. The van der Waals surface area contributed by atoms with Crippen LogP contribution in [-0.4, -0.2) is 49.8 Å². The Morgan fingerprint density at radius 3 is 0.515 bits per heavy atom. The van der Waals surface area contributed by atoms with Crippen LogP contribution in [0.3, 0.4) is 0 Å². The van der Waals surface area contributed by atoms with Crippen molar-refractivity contribution in [2.45, 2.75) is 314 Å². The van der Waals surface area contributed by atoms with Gasteiger partial charge in [0.1, 0.15) is 45.6 Å². The molecule has 7 aromatic heterocycles. The molecular formula is C124H144N10. The Morgan fingerprint density at radius 1 is 0.157 bits per heavy atom. The number of aromatic nitrogens is 10. The van der Waals surface area contributed by atoms with E-state index in [1.807, 2.05) is 0 Å². The van der Waals surface area contributed by atoms with Gasteiger partial charge in [-0.3, -0.25) is 0 Å². The molecule has 4 aliphatic rings. The first-order valence-electron chi connectivity index (χ1n) is 48.7. The van der Waals surface area contributed by atoms with Gasteiger partial charge in [-0.2, -0.15) is 0 Å². The van der Waals surface area contributed by atoms with Gasteiger partial charge < -0.3 is 19.9 Å². The van der Waals surface area contributed by atoms with Crippen molar-refractivity contribution >= 4 is 68.4 Å². The third kappa shape index (κ3) is 18.2. The predicted molar refractivity (Wildman–Crippen MR) is 575 cm³/mol. The molecule has 10 heteroatoms. The zero-order valence-corrected chi connectivity index (χ0v) is 87.2. The summed E-state index contributed by atoms with van der Waals surface area (Å²) in [5, 5.41) is 0. The van der Waals surface area contributed by atoms with Crippen molar-refractivity contribution in [1.82, 2.24) is 49.8 Å². The standard InChI is InChI=1S/C124H144N10/c1-113(2,3)75-49-69(50-76(61-75)114(4,5)6)99-91-41-37-87(125-91)67-89-39-43-95(127-89)101(71-53-79(117(13,14)15)63-80(54-71)118(16,17)18)105-109-111(107(131-105)103(97-47-45-93(99)129-97)73-57-83(121(25,26)27)65-84(58-73)122(28,29)30)133-110-106-102(72-55-81(119(19,20)21)64-82(56-72)120(22,23)24)96-44-40-90(128-96)68-88-38-42-92(126-88)100(70-51-77(115(7,8)9)62-78(52-70)116(10,11)12)94-46-48-98(130-94)104(108(132-106)112(110)134-109)74-59-85(123(31,32)33)66-86(60-74)124(34,35)36/h37-68,127-130H,1-36H3. The fourth-order valence-corrected chi connectivity index (χ4v) is 18.8. The molecule has 0 fully saturated rings. The number of aromatic amines is 4.